The molecule has 6 nitrogen and oxygen atoms in total. The van der Waals surface area contributed by atoms with E-state index < -0.39 is 15.1 Å². The number of carbonyl (C=O) groups excluding carboxylic acids is 1. The van der Waals surface area contributed by atoms with Gasteiger partial charge in [0.2, 0.25) is 0 Å². The lowest BCUT2D eigenvalue weighted by Gasteiger charge is -2.13. The van der Waals surface area contributed by atoms with Crippen LogP contribution in [0, 0.1) is 0 Å². The van der Waals surface area contributed by atoms with Crippen LogP contribution in [0.2, 0.25) is 0 Å². The smallest absolute Gasteiger partial charge is 0.255 e. The highest BCUT2D eigenvalue weighted by Gasteiger charge is 2.31. The number of halogens is 1. The minimum Gasteiger partial charge on any atom is -0.370 e. The van der Waals surface area contributed by atoms with Gasteiger partial charge in [-0.25, -0.2) is 13.4 Å². The van der Waals surface area contributed by atoms with E-state index in [4.69, 9.17) is 0 Å². The Bertz CT molecular complexity index is 634. The van der Waals surface area contributed by atoms with Crippen molar-refractivity contribution in [1.29, 1.82) is 0 Å². The van der Waals surface area contributed by atoms with Gasteiger partial charge in [0.05, 0.1) is 16.6 Å². The first kappa shape index (κ1) is 16.2. The molecule has 1 amide bonds. The van der Waals surface area contributed by atoms with E-state index in [1.165, 1.54) is 0 Å². The molecular formula is C13H18BrN3O3S. The van der Waals surface area contributed by atoms with E-state index in [2.05, 4.69) is 31.5 Å². The molecule has 1 aromatic rings. The second-order valence-corrected chi connectivity index (χ2v) is 8.24. The van der Waals surface area contributed by atoms with Crippen molar-refractivity contribution in [2.75, 3.05) is 24.2 Å². The molecule has 1 unspecified atom stereocenters. The molecule has 0 spiro atoms. The third kappa shape index (κ3) is 3.94. The molecule has 0 aromatic carbocycles. The fourth-order valence-corrected chi connectivity index (χ4v) is 4.41. The number of amides is 1. The Morgan fingerprint density at radius 3 is 2.90 bits per heavy atom. The fourth-order valence-electron chi connectivity index (χ4n) is 2.31. The van der Waals surface area contributed by atoms with Gasteiger partial charge in [-0.2, -0.15) is 0 Å². The Kier molecular flexibility index (Phi) is 5.21. The Balaban J connectivity index is 2.08. The highest BCUT2D eigenvalue weighted by molar-refractivity contribution is 9.10. The second kappa shape index (κ2) is 6.74. The number of nitrogens with zero attached hydrogens (tertiary/aromatic N) is 1. The maximum atomic E-state index is 12.3. The molecule has 1 atom stereocenters. The normalized spacial score (nSPS) is 20.2. The number of sulfone groups is 1. The van der Waals surface area contributed by atoms with E-state index in [0.717, 1.165) is 0 Å². The summed E-state index contributed by atoms with van der Waals surface area (Å²) in [5, 5.41) is 5.25. The van der Waals surface area contributed by atoms with Crippen molar-refractivity contribution in [3.63, 3.8) is 0 Å². The molecule has 2 heterocycles. The maximum Gasteiger partial charge on any atom is 0.255 e. The molecule has 1 aliphatic rings. The van der Waals surface area contributed by atoms with Gasteiger partial charge in [-0.3, -0.25) is 4.79 Å². The summed E-state index contributed by atoms with van der Waals surface area (Å²) in [6.45, 7) is 2.71. The van der Waals surface area contributed by atoms with Gasteiger partial charge in [0.1, 0.15) is 5.82 Å². The number of aromatic nitrogens is 1. The first-order valence-corrected chi connectivity index (χ1v) is 9.34. The molecule has 1 fully saturated rings. The Morgan fingerprint density at radius 2 is 2.29 bits per heavy atom. The van der Waals surface area contributed by atoms with Gasteiger partial charge in [0.25, 0.3) is 5.91 Å². The minimum absolute atomic E-state index is 0.152. The van der Waals surface area contributed by atoms with Crippen LogP contribution in [0.15, 0.2) is 16.7 Å². The largest absolute Gasteiger partial charge is 0.370 e. The first-order valence-electron chi connectivity index (χ1n) is 6.83. The van der Waals surface area contributed by atoms with Crippen LogP contribution in [0.3, 0.4) is 0 Å². The molecule has 0 saturated carbocycles. The third-order valence-electron chi connectivity index (χ3n) is 3.40. The van der Waals surface area contributed by atoms with Gasteiger partial charge in [0, 0.05) is 23.8 Å². The minimum atomic E-state index is -3.05. The zero-order valence-electron chi connectivity index (χ0n) is 11.7. The van der Waals surface area contributed by atoms with E-state index in [-0.39, 0.29) is 18.2 Å². The predicted molar refractivity (Wildman–Crippen MR) is 85.2 cm³/mol. The number of carbonyl (C=O) groups is 1. The second-order valence-electron chi connectivity index (χ2n) is 4.92. The summed E-state index contributed by atoms with van der Waals surface area (Å²) in [5.74, 6) is 0.392. The van der Waals surface area contributed by atoms with Crippen LogP contribution in [0.5, 0.6) is 0 Å². The van der Waals surface area contributed by atoms with Crippen LogP contribution in [0.25, 0.3) is 0 Å². The lowest BCUT2D eigenvalue weighted by molar-refractivity contribution is 0.0954. The van der Waals surface area contributed by atoms with E-state index in [1.807, 2.05) is 6.92 Å². The van der Waals surface area contributed by atoms with Crippen molar-refractivity contribution in [1.82, 2.24) is 10.3 Å². The van der Waals surface area contributed by atoms with Crippen LogP contribution in [0.1, 0.15) is 30.1 Å². The summed E-state index contributed by atoms with van der Waals surface area (Å²) >= 11 is 3.29. The number of rotatable bonds is 5. The molecule has 116 valence electrons. The average molecular weight is 376 g/mol. The molecule has 0 bridgehead atoms. The van der Waals surface area contributed by atoms with Gasteiger partial charge >= 0.3 is 0 Å². The summed E-state index contributed by atoms with van der Waals surface area (Å²) in [6, 6.07) is 1.67. The van der Waals surface area contributed by atoms with E-state index in [9.17, 15) is 13.2 Å². The van der Waals surface area contributed by atoms with Gasteiger partial charge in [0.15, 0.2) is 9.84 Å². The summed E-state index contributed by atoms with van der Waals surface area (Å²) in [6.07, 6.45) is 2.89. The van der Waals surface area contributed by atoms with Crippen LogP contribution >= 0.6 is 15.9 Å². The highest BCUT2D eigenvalue weighted by Crippen LogP contribution is 2.20. The van der Waals surface area contributed by atoms with Gasteiger partial charge in [-0.15, -0.1) is 0 Å². The number of anilines is 1. The number of nitrogens with one attached hydrogen (secondary N) is 2. The summed E-state index contributed by atoms with van der Waals surface area (Å²) in [4.78, 5) is 16.4. The van der Waals surface area contributed by atoms with Gasteiger partial charge < -0.3 is 10.6 Å². The standard InChI is InChI=1S/C13H18BrN3O3S/c1-2-15-12-11(6-9(14)7-16-12)13(18)17-8-10-4-3-5-21(10,19)20/h6-7,10H,2-5,8H2,1H3,(H,15,16)(H,17,18). The zero-order chi connectivity index (χ0) is 15.5. The van der Waals surface area contributed by atoms with Crippen molar-refractivity contribution in [3.8, 4) is 0 Å². The van der Waals surface area contributed by atoms with E-state index in [1.54, 1.807) is 12.3 Å². The Hall–Kier alpha value is -1.15. The van der Waals surface area contributed by atoms with Crippen LogP contribution in [-0.4, -0.2) is 43.4 Å². The fraction of sp³-hybridized carbons (Fsp3) is 0.538. The number of hydrogen-bond acceptors (Lipinski definition) is 5. The highest BCUT2D eigenvalue weighted by atomic mass is 79.9. The van der Waals surface area contributed by atoms with E-state index >= 15 is 0 Å². The van der Waals surface area contributed by atoms with Crippen LogP contribution < -0.4 is 10.6 Å². The monoisotopic (exact) mass is 375 g/mol. The van der Waals surface area contributed by atoms with Crippen molar-refractivity contribution in [2.24, 2.45) is 0 Å². The molecular weight excluding hydrogens is 358 g/mol. The van der Waals surface area contributed by atoms with Gasteiger partial charge in [-0.1, -0.05) is 0 Å². The summed E-state index contributed by atoms with van der Waals surface area (Å²) in [5.41, 5.74) is 0.404. The zero-order valence-corrected chi connectivity index (χ0v) is 14.1. The van der Waals surface area contributed by atoms with Crippen molar-refractivity contribution in [3.05, 3.63) is 22.3 Å². The third-order valence-corrected chi connectivity index (χ3v) is 6.11. The average Bonchev–Trinajstić information content (AvgIpc) is 2.77. The molecule has 21 heavy (non-hydrogen) atoms. The predicted octanol–water partition coefficient (Wildman–Crippen LogP) is 1.58. The molecule has 1 saturated heterocycles. The SMILES string of the molecule is CCNc1ncc(Br)cc1C(=O)NCC1CCCS1(=O)=O. The first-order chi connectivity index (χ1) is 9.94. The van der Waals surface area contributed by atoms with E-state index in [0.29, 0.717) is 35.2 Å². The Labute approximate surface area is 132 Å². The quantitative estimate of drug-likeness (QED) is 0.815. The summed E-state index contributed by atoms with van der Waals surface area (Å²) in [7, 11) is -3.05. The van der Waals surface area contributed by atoms with Crippen LogP contribution in [-0.2, 0) is 9.84 Å². The maximum absolute atomic E-state index is 12.3. The molecule has 1 aromatic heterocycles. The molecule has 0 aliphatic carbocycles. The van der Waals surface area contributed by atoms with Crippen molar-refractivity contribution in [2.45, 2.75) is 25.0 Å². The molecule has 0 radical (unpaired) electrons. The summed E-state index contributed by atoms with van der Waals surface area (Å²) < 4.78 is 24.2. The number of hydrogen-bond donors (Lipinski definition) is 2. The molecule has 8 heteroatoms. The van der Waals surface area contributed by atoms with Crippen molar-refractivity contribution < 1.29 is 13.2 Å². The molecule has 1 aliphatic heterocycles. The van der Waals surface area contributed by atoms with Crippen molar-refractivity contribution >= 4 is 37.5 Å². The number of pyridine rings is 1. The Morgan fingerprint density at radius 1 is 1.52 bits per heavy atom. The van der Waals surface area contributed by atoms with Gasteiger partial charge in [-0.05, 0) is 41.8 Å². The van der Waals surface area contributed by atoms with Crippen LogP contribution in [0.4, 0.5) is 5.82 Å². The molecule has 2 rings (SSSR count). The molecule has 2 N–H and O–H groups in total. The lowest BCUT2D eigenvalue weighted by atomic mass is 10.2. The topological polar surface area (TPSA) is 88.2 Å². The lowest BCUT2D eigenvalue weighted by Crippen LogP contribution is -2.35.